The van der Waals surface area contributed by atoms with Crippen molar-refractivity contribution < 1.29 is 37.3 Å². The van der Waals surface area contributed by atoms with E-state index in [1.807, 2.05) is 0 Å². The molecule has 1 atom stereocenters. The van der Waals surface area contributed by atoms with Crippen LogP contribution in [0.15, 0.2) is 12.1 Å². The second-order valence-corrected chi connectivity index (χ2v) is 28.1. The van der Waals surface area contributed by atoms with E-state index in [-0.39, 0.29) is 43.6 Å². The number of aliphatic carboxylic acids is 1. The van der Waals surface area contributed by atoms with Gasteiger partial charge in [0.25, 0.3) is 0 Å². The highest BCUT2D eigenvalue weighted by Crippen LogP contribution is 2.28. The lowest BCUT2D eigenvalue weighted by Crippen LogP contribution is -2.57. The number of hydrogen-bond acceptors (Lipinski definition) is 7. The molecule has 0 saturated heterocycles. The van der Waals surface area contributed by atoms with Gasteiger partial charge in [0.05, 0.1) is 6.42 Å². The number of carbonyl (C=O) groups excluding carboxylic acids is 1. The summed E-state index contributed by atoms with van der Waals surface area (Å²) in [6.45, 7) is 19.8. The zero-order chi connectivity index (χ0) is 27.9. The van der Waals surface area contributed by atoms with Crippen LogP contribution in [0.1, 0.15) is 19.3 Å². The number of nitrogens with zero attached hydrogens (tertiary/aromatic N) is 2. The third-order valence-electron chi connectivity index (χ3n) is 5.03. The monoisotopic (exact) mass is 578 g/mol. The molecule has 208 valence electrons. The third kappa shape index (κ3) is 12.7. The van der Waals surface area contributed by atoms with Crippen LogP contribution >= 0.6 is 0 Å². The molecule has 3 N–H and O–H groups in total. The summed E-state index contributed by atoms with van der Waals surface area (Å²) in [4.78, 5) is 25.4. The Labute approximate surface area is 219 Å². The molecule has 1 unspecified atom stereocenters. The lowest BCUT2D eigenvalue weighted by Gasteiger charge is -2.41. The summed E-state index contributed by atoms with van der Waals surface area (Å²) >= 11 is 0. The Bertz CT molecular complexity index is 863. The molecular formula is C22H46N2O8Si4. The highest BCUT2D eigenvalue weighted by Gasteiger charge is 2.44. The number of carboxylic acid groups (broad SMARTS) is 1. The van der Waals surface area contributed by atoms with Crippen molar-refractivity contribution in [2.24, 2.45) is 0 Å². The van der Waals surface area contributed by atoms with Gasteiger partial charge in [-0.3, -0.25) is 14.2 Å². The number of rotatable bonds is 16. The molecule has 1 amide bonds. The lowest BCUT2D eigenvalue weighted by atomic mass is 10.2. The van der Waals surface area contributed by atoms with Crippen LogP contribution in [-0.2, 0) is 28.5 Å². The van der Waals surface area contributed by atoms with Crippen molar-refractivity contribution in [1.82, 2.24) is 9.47 Å². The van der Waals surface area contributed by atoms with E-state index in [0.29, 0.717) is 19.0 Å². The lowest BCUT2D eigenvalue weighted by molar-refractivity contribution is -0.141. The molecule has 0 aliphatic rings. The summed E-state index contributed by atoms with van der Waals surface area (Å²) in [5.74, 6) is -1.51. The van der Waals surface area contributed by atoms with E-state index >= 15 is 0 Å². The maximum Gasteiger partial charge on any atom is 0.315 e. The molecule has 10 nitrogen and oxygen atoms in total. The predicted octanol–water partition coefficient (Wildman–Crippen LogP) is 4.48. The van der Waals surface area contributed by atoms with E-state index in [9.17, 15) is 19.8 Å². The molecule has 0 bridgehead atoms. The average Bonchev–Trinajstić information content (AvgIpc) is 2.96. The van der Waals surface area contributed by atoms with Gasteiger partial charge in [-0.1, -0.05) is 0 Å². The van der Waals surface area contributed by atoms with Gasteiger partial charge >= 0.3 is 23.1 Å². The Morgan fingerprint density at radius 1 is 0.833 bits per heavy atom. The predicted molar refractivity (Wildman–Crippen MR) is 150 cm³/mol. The fourth-order valence-electron chi connectivity index (χ4n) is 4.27. The summed E-state index contributed by atoms with van der Waals surface area (Å²) in [6, 6.07) is 3.41. The van der Waals surface area contributed by atoms with Crippen molar-refractivity contribution in [2.75, 3.05) is 13.1 Å². The summed E-state index contributed by atoms with van der Waals surface area (Å²) in [5, 5.41) is 28.9. The van der Waals surface area contributed by atoms with Crippen LogP contribution in [0.3, 0.4) is 0 Å². The molecule has 1 aromatic rings. The quantitative estimate of drug-likeness (QED) is 0.245. The molecule has 1 aromatic heterocycles. The standard InChI is InChI=1S/C22H46N2O8Si4/c1-33(2,3)30-35(7,8)32-36(9,31-34(4,5)6)18-10-15-23(19(25)13-14-22(28)29)16-17-24-20(26)11-12-21(24)27/h11-12,26-27H,10,13-18H2,1-9H3,(H,28,29). The van der Waals surface area contributed by atoms with Gasteiger partial charge in [0.2, 0.25) is 5.91 Å². The van der Waals surface area contributed by atoms with Gasteiger partial charge in [0, 0.05) is 38.2 Å². The molecule has 1 rings (SSSR count). The number of carbonyl (C=O) groups is 2. The van der Waals surface area contributed by atoms with Crippen molar-refractivity contribution in [3.05, 3.63) is 12.1 Å². The first-order valence-electron chi connectivity index (χ1n) is 12.4. The van der Waals surface area contributed by atoms with Gasteiger partial charge in [0.15, 0.2) is 28.4 Å². The molecular weight excluding hydrogens is 533 g/mol. The minimum Gasteiger partial charge on any atom is -0.494 e. The second-order valence-electron chi connectivity index (χ2n) is 11.6. The molecule has 0 aliphatic carbocycles. The normalized spacial score (nSPS) is 14.5. The molecule has 0 saturated carbocycles. The van der Waals surface area contributed by atoms with Gasteiger partial charge < -0.3 is 32.6 Å². The van der Waals surface area contributed by atoms with Crippen molar-refractivity contribution >= 4 is 45.6 Å². The third-order valence-corrected chi connectivity index (χ3v) is 18.6. The Hall–Kier alpha value is -1.43. The van der Waals surface area contributed by atoms with E-state index in [1.54, 1.807) is 4.90 Å². The van der Waals surface area contributed by atoms with Crippen LogP contribution in [0.4, 0.5) is 0 Å². The Morgan fingerprint density at radius 2 is 1.36 bits per heavy atom. The number of carboxylic acids is 1. The van der Waals surface area contributed by atoms with Crippen molar-refractivity contribution in [3.63, 3.8) is 0 Å². The Kier molecular flexibility index (Phi) is 11.7. The minimum absolute atomic E-state index is 0.100. The Balaban J connectivity index is 2.97. The highest BCUT2D eigenvalue weighted by molar-refractivity contribution is 6.89. The first-order chi connectivity index (χ1) is 16.2. The number of aromatic nitrogens is 1. The number of hydrogen-bond donors (Lipinski definition) is 3. The zero-order valence-electron chi connectivity index (χ0n) is 23.4. The van der Waals surface area contributed by atoms with Crippen LogP contribution in [0.25, 0.3) is 0 Å². The Morgan fingerprint density at radius 3 is 1.83 bits per heavy atom. The molecule has 14 heteroatoms. The maximum absolute atomic E-state index is 12.8. The molecule has 0 spiro atoms. The molecule has 0 fully saturated rings. The number of aromatic hydroxyl groups is 2. The van der Waals surface area contributed by atoms with Gasteiger partial charge in [-0.15, -0.1) is 0 Å². The van der Waals surface area contributed by atoms with Crippen LogP contribution < -0.4 is 0 Å². The van der Waals surface area contributed by atoms with Crippen molar-refractivity contribution in [1.29, 1.82) is 0 Å². The number of amides is 1. The SMILES string of the molecule is C[Si](C)(C)O[Si](C)(C)O[Si](C)(CCCN(CCn1c(O)ccc1O)C(=O)CCC(=O)O)O[Si](C)(C)C. The average molecular weight is 579 g/mol. The van der Waals surface area contributed by atoms with Gasteiger partial charge in [-0.25, -0.2) is 0 Å². The van der Waals surface area contributed by atoms with Crippen LogP contribution in [0, 0.1) is 0 Å². The summed E-state index contributed by atoms with van der Waals surface area (Å²) in [6.07, 6.45) is 0.254. The topological polar surface area (TPSA) is 131 Å². The van der Waals surface area contributed by atoms with Gasteiger partial charge in [-0.05, 0) is 71.4 Å². The van der Waals surface area contributed by atoms with Gasteiger partial charge in [0.1, 0.15) is 0 Å². The molecule has 1 heterocycles. The van der Waals surface area contributed by atoms with Crippen LogP contribution in [-0.4, -0.2) is 83.5 Å². The van der Waals surface area contributed by atoms with Crippen molar-refractivity contribution in [3.8, 4) is 11.8 Å². The molecule has 0 aliphatic heterocycles. The molecule has 0 aromatic carbocycles. The van der Waals surface area contributed by atoms with Crippen LogP contribution in [0.2, 0.25) is 65.0 Å². The van der Waals surface area contributed by atoms with E-state index in [4.69, 9.17) is 17.5 Å². The van der Waals surface area contributed by atoms with Crippen molar-refractivity contribution in [2.45, 2.75) is 90.8 Å². The first kappa shape index (κ1) is 32.6. The summed E-state index contributed by atoms with van der Waals surface area (Å²) < 4.78 is 21.0. The molecule has 0 radical (unpaired) electrons. The summed E-state index contributed by atoms with van der Waals surface area (Å²) in [5.41, 5.74) is 0. The van der Waals surface area contributed by atoms with Gasteiger partial charge in [-0.2, -0.15) is 0 Å². The molecule has 36 heavy (non-hydrogen) atoms. The van der Waals surface area contributed by atoms with E-state index in [2.05, 4.69) is 58.9 Å². The zero-order valence-corrected chi connectivity index (χ0v) is 27.4. The highest BCUT2D eigenvalue weighted by atomic mass is 28.5. The second kappa shape index (κ2) is 12.9. The maximum atomic E-state index is 12.8. The van der Waals surface area contributed by atoms with E-state index in [0.717, 1.165) is 0 Å². The largest absolute Gasteiger partial charge is 0.494 e. The smallest absolute Gasteiger partial charge is 0.315 e. The summed E-state index contributed by atoms with van der Waals surface area (Å²) in [7, 11) is -8.83. The van der Waals surface area contributed by atoms with E-state index < -0.39 is 39.7 Å². The van der Waals surface area contributed by atoms with E-state index in [1.165, 1.54) is 16.7 Å². The van der Waals surface area contributed by atoms with Crippen LogP contribution in [0.5, 0.6) is 11.8 Å². The minimum atomic E-state index is -2.65. The first-order valence-corrected chi connectivity index (χ1v) is 24.6. The fourth-order valence-corrected chi connectivity index (χ4v) is 22.2. The fraction of sp³-hybridized carbons (Fsp3) is 0.727.